The van der Waals surface area contributed by atoms with Crippen LogP contribution in [0.1, 0.15) is 24.2 Å². The van der Waals surface area contributed by atoms with Crippen molar-refractivity contribution in [2.24, 2.45) is 0 Å². The van der Waals surface area contributed by atoms with E-state index in [1.807, 2.05) is 18.7 Å². The van der Waals surface area contributed by atoms with Crippen molar-refractivity contribution in [3.05, 3.63) is 47.7 Å². The van der Waals surface area contributed by atoms with Gasteiger partial charge in [0.15, 0.2) is 11.6 Å². The van der Waals surface area contributed by atoms with Gasteiger partial charge in [0.1, 0.15) is 11.5 Å². The third kappa shape index (κ3) is 4.23. The van der Waals surface area contributed by atoms with Crippen molar-refractivity contribution in [2.45, 2.75) is 13.8 Å². The van der Waals surface area contributed by atoms with E-state index in [1.165, 1.54) is 11.1 Å². The van der Waals surface area contributed by atoms with Crippen molar-refractivity contribution >= 4 is 23.1 Å². The smallest absolute Gasteiger partial charge is 0.257 e. The van der Waals surface area contributed by atoms with E-state index in [0.717, 1.165) is 31.0 Å². The highest BCUT2D eigenvalue weighted by Crippen LogP contribution is 2.25. The Labute approximate surface area is 146 Å². The summed E-state index contributed by atoms with van der Waals surface area (Å²) in [5.41, 5.74) is 0.218. The van der Waals surface area contributed by atoms with Gasteiger partial charge in [0.05, 0.1) is 5.56 Å². The zero-order valence-corrected chi connectivity index (χ0v) is 14.8. The topological polar surface area (TPSA) is 48.5 Å². The monoisotopic (exact) mass is 348 g/mol. The molecule has 0 unspecified atom stereocenters. The van der Waals surface area contributed by atoms with Gasteiger partial charge in [-0.3, -0.25) is 4.79 Å². The number of carbonyl (C=O) groups is 1. The molecule has 134 valence electrons. The highest BCUT2D eigenvalue weighted by Gasteiger charge is 2.15. The number of rotatable bonds is 6. The third-order valence-electron chi connectivity index (χ3n) is 3.82. The lowest BCUT2D eigenvalue weighted by Crippen LogP contribution is -2.23. The van der Waals surface area contributed by atoms with Gasteiger partial charge >= 0.3 is 0 Å². The molecule has 1 aromatic carbocycles. The van der Waals surface area contributed by atoms with E-state index >= 15 is 0 Å². The number of aromatic nitrogens is 1. The first-order chi connectivity index (χ1) is 11.9. The second-order valence-corrected chi connectivity index (χ2v) is 5.71. The van der Waals surface area contributed by atoms with Crippen LogP contribution in [-0.4, -0.2) is 38.1 Å². The van der Waals surface area contributed by atoms with E-state index in [2.05, 4.69) is 10.3 Å². The zero-order valence-electron chi connectivity index (χ0n) is 14.8. The molecule has 0 spiro atoms. The number of halogens is 2. The number of benzene rings is 1. The Morgan fingerprint density at radius 2 is 1.72 bits per heavy atom. The molecule has 0 saturated heterocycles. The number of hydrogen-bond donors (Lipinski definition) is 1. The number of anilines is 3. The van der Waals surface area contributed by atoms with Crippen molar-refractivity contribution < 1.29 is 13.6 Å². The van der Waals surface area contributed by atoms with E-state index < -0.39 is 17.5 Å². The lowest BCUT2D eigenvalue weighted by Gasteiger charge is -2.19. The second-order valence-electron chi connectivity index (χ2n) is 5.71. The van der Waals surface area contributed by atoms with E-state index in [0.29, 0.717) is 5.56 Å². The average Bonchev–Trinajstić information content (AvgIpc) is 2.55. The number of hydrogen-bond acceptors (Lipinski definition) is 4. The van der Waals surface area contributed by atoms with Crippen molar-refractivity contribution in [3.63, 3.8) is 0 Å². The Bertz CT molecular complexity index is 720. The van der Waals surface area contributed by atoms with Gasteiger partial charge < -0.3 is 15.1 Å². The maximum absolute atomic E-state index is 14.0. The number of nitrogens with one attached hydrogen (secondary N) is 1. The van der Waals surface area contributed by atoms with Crippen LogP contribution >= 0.6 is 0 Å². The van der Waals surface area contributed by atoms with Crippen molar-refractivity contribution in [1.82, 2.24) is 4.98 Å². The second kappa shape index (κ2) is 7.92. The molecule has 0 saturated carbocycles. The summed E-state index contributed by atoms with van der Waals surface area (Å²) >= 11 is 0. The predicted octanol–water partition coefficient (Wildman–Crippen LogP) is 3.52. The van der Waals surface area contributed by atoms with Gasteiger partial charge in [0.25, 0.3) is 5.91 Å². The summed E-state index contributed by atoms with van der Waals surface area (Å²) in [6, 6.07) is 5.57. The van der Waals surface area contributed by atoms with Crippen LogP contribution in [0.25, 0.3) is 0 Å². The minimum absolute atomic E-state index is 0.0541. The first-order valence-electron chi connectivity index (χ1n) is 8.06. The van der Waals surface area contributed by atoms with Gasteiger partial charge in [-0.05, 0) is 38.1 Å². The summed E-state index contributed by atoms with van der Waals surface area (Å²) in [6.07, 6.45) is 1.45. The van der Waals surface area contributed by atoms with Crippen LogP contribution in [-0.2, 0) is 0 Å². The lowest BCUT2D eigenvalue weighted by atomic mass is 10.2. The summed E-state index contributed by atoms with van der Waals surface area (Å²) in [5, 5.41) is 2.49. The molecule has 5 nitrogen and oxygen atoms in total. The van der Waals surface area contributed by atoms with Crippen LogP contribution in [0.5, 0.6) is 0 Å². The Hall–Kier alpha value is -2.70. The molecule has 1 aromatic heterocycles. The molecular formula is C18H22F2N4O. The molecule has 0 fully saturated rings. The maximum Gasteiger partial charge on any atom is 0.257 e. The fourth-order valence-electron chi connectivity index (χ4n) is 2.52. The molecule has 1 heterocycles. The van der Waals surface area contributed by atoms with Crippen LogP contribution in [0, 0.1) is 11.6 Å². The van der Waals surface area contributed by atoms with Crippen LogP contribution in [0.15, 0.2) is 30.5 Å². The first-order valence-corrected chi connectivity index (χ1v) is 8.06. The first kappa shape index (κ1) is 18.6. The van der Waals surface area contributed by atoms with Crippen LogP contribution in [0.2, 0.25) is 0 Å². The van der Waals surface area contributed by atoms with Gasteiger partial charge in [-0.15, -0.1) is 0 Å². The highest BCUT2D eigenvalue weighted by molar-refractivity contribution is 6.04. The molecule has 2 rings (SSSR count). The normalized spacial score (nSPS) is 10.5. The fraction of sp³-hybridized carbons (Fsp3) is 0.333. The van der Waals surface area contributed by atoms with E-state index in [4.69, 9.17) is 0 Å². The SMILES string of the molecule is CCN(CC)c1ccc(C(=O)Nc2cc(F)c(N(C)C)c(F)c2)cn1. The van der Waals surface area contributed by atoms with Crippen LogP contribution < -0.4 is 15.1 Å². The summed E-state index contributed by atoms with van der Waals surface area (Å²) in [5.74, 6) is -1.19. The number of carbonyl (C=O) groups excluding carboxylic acids is 1. The third-order valence-corrected chi connectivity index (χ3v) is 3.82. The molecule has 1 amide bonds. The van der Waals surface area contributed by atoms with Crippen molar-refractivity contribution in [2.75, 3.05) is 42.3 Å². The quantitative estimate of drug-likeness (QED) is 0.868. The molecule has 0 aliphatic rings. The Morgan fingerprint density at radius 1 is 1.12 bits per heavy atom. The maximum atomic E-state index is 14.0. The van der Waals surface area contributed by atoms with Gasteiger partial charge in [0, 0.05) is 39.1 Å². The standard InChI is InChI=1S/C18H22F2N4O/c1-5-24(6-2)16-8-7-12(11-21-16)18(25)22-13-9-14(19)17(23(3)4)15(20)10-13/h7-11H,5-6H2,1-4H3,(H,22,25). The van der Waals surface area contributed by atoms with Gasteiger partial charge in [0.2, 0.25) is 0 Å². The minimum atomic E-state index is -0.740. The summed E-state index contributed by atoms with van der Waals surface area (Å²) in [7, 11) is 3.09. The summed E-state index contributed by atoms with van der Waals surface area (Å²) in [4.78, 5) is 19.9. The Balaban J connectivity index is 2.17. The van der Waals surface area contributed by atoms with Gasteiger partial charge in [-0.2, -0.15) is 0 Å². The molecule has 0 aliphatic carbocycles. The molecule has 25 heavy (non-hydrogen) atoms. The zero-order chi connectivity index (χ0) is 18.6. The van der Waals surface area contributed by atoms with Crippen LogP contribution in [0.3, 0.4) is 0 Å². The van der Waals surface area contributed by atoms with Gasteiger partial charge in [-0.1, -0.05) is 0 Å². The van der Waals surface area contributed by atoms with Crippen molar-refractivity contribution in [3.8, 4) is 0 Å². The van der Waals surface area contributed by atoms with E-state index in [-0.39, 0.29) is 11.4 Å². The van der Waals surface area contributed by atoms with Crippen molar-refractivity contribution in [1.29, 1.82) is 0 Å². The Morgan fingerprint density at radius 3 is 2.16 bits per heavy atom. The number of pyridine rings is 1. The van der Waals surface area contributed by atoms with Gasteiger partial charge in [-0.25, -0.2) is 13.8 Å². The largest absolute Gasteiger partial charge is 0.373 e. The Kier molecular flexibility index (Phi) is 5.90. The molecule has 2 aromatic rings. The predicted molar refractivity (Wildman–Crippen MR) is 96.4 cm³/mol. The highest BCUT2D eigenvalue weighted by atomic mass is 19.1. The number of nitrogens with zero attached hydrogens (tertiary/aromatic N) is 3. The molecule has 0 atom stereocenters. The fourth-order valence-corrected chi connectivity index (χ4v) is 2.52. The molecule has 7 heteroatoms. The molecule has 0 bridgehead atoms. The molecule has 0 aliphatic heterocycles. The van der Waals surface area contributed by atoms with E-state index in [9.17, 15) is 13.6 Å². The minimum Gasteiger partial charge on any atom is -0.373 e. The molecule has 0 radical (unpaired) electrons. The molecular weight excluding hydrogens is 326 g/mol. The van der Waals surface area contributed by atoms with Crippen LogP contribution in [0.4, 0.5) is 26.0 Å². The van der Waals surface area contributed by atoms with E-state index in [1.54, 1.807) is 26.2 Å². The number of amides is 1. The average molecular weight is 348 g/mol. The molecule has 1 N–H and O–H groups in total. The summed E-state index contributed by atoms with van der Waals surface area (Å²) < 4.78 is 28.0. The summed E-state index contributed by atoms with van der Waals surface area (Å²) in [6.45, 7) is 5.66. The lowest BCUT2D eigenvalue weighted by molar-refractivity contribution is 0.102.